The van der Waals surface area contributed by atoms with Gasteiger partial charge in [0.1, 0.15) is 29.8 Å². The quantitative estimate of drug-likeness (QED) is 0.606. The maximum Gasteiger partial charge on any atom is 0.264 e. The Morgan fingerprint density at radius 3 is 2.62 bits per heavy atom. The van der Waals surface area contributed by atoms with Gasteiger partial charge >= 0.3 is 0 Å². The number of carbonyl (C=O) groups is 1. The smallest absolute Gasteiger partial charge is 0.264 e. The Morgan fingerprint density at radius 1 is 1.19 bits per heavy atom. The second-order valence-electron chi connectivity index (χ2n) is 6.16. The van der Waals surface area contributed by atoms with Gasteiger partial charge in [0.05, 0.1) is 0 Å². The van der Waals surface area contributed by atoms with Crippen LogP contribution in [0, 0.1) is 17.1 Å². The molecule has 2 aromatic carbocycles. The molecule has 1 amide bonds. The van der Waals surface area contributed by atoms with E-state index in [1.807, 2.05) is 12.1 Å². The van der Waals surface area contributed by atoms with E-state index in [0.29, 0.717) is 25.4 Å². The summed E-state index contributed by atoms with van der Waals surface area (Å²) in [5.41, 5.74) is 1.71. The summed E-state index contributed by atoms with van der Waals surface area (Å²) in [5.74, 6) is 0.115. The Balaban J connectivity index is 1.70. The van der Waals surface area contributed by atoms with Crippen molar-refractivity contribution in [3.05, 3.63) is 71.0 Å². The number of halogens is 1. The predicted octanol–water partition coefficient (Wildman–Crippen LogP) is 3.93. The summed E-state index contributed by atoms with van der Waals surface area (Å²) in [4.78, 5) is 14.1. The molecule has 0 N–H and O–H groups in total. The molecule has 1 fully saturated rings. The van der Waals surface area contributed by atoms with Crippen molar-refractivity contribution in [1.29, 1.82) is 5.26 Å². The number of nitrogens with zero attached hydrogens (tertiary/aromatic N) is 2. The number of nitriles is 1. The Hall–Kier alpha value is -3.13. The van der Waals surface area contributed by atoms with Gasteiger partial charge in [0.25, 0.3) is 5.91 Å². The zero-order valence-electron chi connectivity index (χ0n) is 14.3. The first-order valence-electron chi connectivity index (χ1n) is 8.54. The molecule has 0 atom stereocenters. The zero-order chi connectivity index (χ0) is 18.4. The van der Waals surface area contributed by atoms with Gasteiger partial charge < -0.3 is 9.64 Å². The molecular weight excluding hydrogens is 331 g/mol. The van der Waals surface area contributed by atoms with Crippen LogP contribution in [0.2, 0.25) is 0 Å². The van der Waals surface area contributed by atoms with Crippen LogP contribution >= 0.6 is 0 Å². The lowest BCUT2D eigenvalue weighted by Crippen LogP contribution is -2.28. The molecule has 0 radical (unpaired) electrons. The first-order valence-corrected chi connectivity index (χ1v) is 8.54. The normalized spacial score (nSPS) is 14.2. The van der Waals surface area contributed by atoms with E-state index in [9.17, 15) is 14.4 Å². The van der Waals surface area contributed by atoms with E-state index < -0.39 is 0 Å². The number of ether oxygens (including phenoxy) is 1. The number of likely N-dealkylation sites (tertiary alicyclic amines) is 1. The number of carbonyl (C=O) groups excluding carboxylic acids is 1. The second kappa shape index (κ2) is 8.30. The molecule has 2 aromatic rings. The topological polar surface area (TPSA) is 53.3 Å². The van der Waals surface area contributed by atoms with Crippen LogP contribution in [-0.4, -0.2) is 23.9 Å². The van der Waals surface area contributed by atoms with Crippen molar-refractivity contribution in [2.45, 2.75) is 19.4 Å². The van der Waals surface area contributed by atoms with E-state index in [1.54, 1.807) is 41.3 Å². The fourth-order valence-electron chi connectivity index (χ4n) is 2.84. The predicted molar refractivity (Wildman–Crippen MR) is 96.6 cm³/mol. The highest BCUT2D eigenvalue weighted by Crippen LogP contribution is 2.19. The molecule has 3 rings (SSSR count). The lowest BCUT2D eigenvalue weighted by atomic mass is 10.1. The van der Waals surface area contributed by atoms with Crippen LogP contribution in [0.15, 0.2) is 54.1 Å². The molecule has 1 saturated heterocycles. The maximum atomic E-state index is 12.9. The average molecular weight is 350 g/mol. The third kappa shape index (κ3) is 4.48. The average Bonchev–Trinajstić information content (AvgIpc) is 3.20. The summed E-state index contributed by atoms with van der Waals surface area (Å²) in [7, 11) is 0. The van der Waals surface area contributed by atoms with Gasteiger partial charge in [-0.15, -0.1) is 0 Å². The maximum absolute atomic E-state index is 12.9. The van der Waals surface area contributed by atoms with E-state index in [2.05, 4.69) is 0 Å². The summed E-state index contributed by atoms with van der Waals surface area (Å²) in [5, 5.41) is 9.33. The third-order valence-electron chi connectivity index (χ3n) is 4.23. The largest absolute Gasteiger partial charge is 0.489 e. The van der Waals surface area contributed by atoms with Crippen molar-refractivity contribution in [1.82, 2.24) is 4.90 Å². The van der Waals surface area contributed by atoms with Crippen LogP contribution in [0.25, 0.3) is 6.08 Å². The molecule has 5 heteroatoms. The molecule has 0 saturated carbocycles. The van der Waals surface area contributed by atoms with Gasteiger partial charge in [0.15, 0.2) is 0 Å². The lowest BCUT2D eigenvalue weighted by molar-refractivity contribution is -0.125. The number of hydrogen-bond acceptors (Lipinski definition) is 3. The summed E-state index contributed by atoms with van der Waals surface area (Å²) in [6.45, 7) is 1.72. The van der Waals surface area contributed by atoms with Crippen molar-refractivity contribution < 1.29 is 13.9 Å². The van der Waals surface area contributed by atoms with E-state index in [1.165, 1.54) is 12.1 Å². The SMILES string of the molecule is N#C/C(=C\c1cccc(OCc2ccc(F)cc2)c1)C(=O)N1CCCC1. The van der Waals surface area contributed by atoms with E-state index >= 15 is 0 Å². The van der Waals surface area contributed by atoms with E-state index in [4.69, 9.17) is 4.74 Å². The van der Waals surface area contributed by atoms with Gasteiger partial charge in [-0.25, -0.2) is 4.39 Å². The minimum Gasteiger partial charge on any atom is -0.489 e. The highest BCUT2D eigenvalue weighted by Gasteiger charge is 2.21. The van der Waals surface area contributed by atoms with E-state index in [0.717, 1.165) is 24.0 Å². The lowest BCUT2D eigenvalue weighted by Gasteiger charge is -2.14. The standard InChI is InChI=1S/C21H19FN2O2/c22-19-8-6-16(7-9-19)15-26-20-5-3-4-17(13-20)12-18(14-23)21(25)24-10-1-2-11-24/h3-9,12-13H,1-2,10-11,15H2/b18-12+. The summed E-state index contributed by atoms with van der Waals surface area (Å²) < 4.78 is 18.6. The minimum atomic E-state index is -0.285. The molecule has 0 spiro atoms. The molecule has 0 bridgehead atoms. The van der Waals surface area contributed by atoms with Crippen LogP contribution < -0.4 is 4.74 Å². The third-order valence-corrected chi connectivity index (χ3v) is 4.23. The summed E-state index contributed by atoms with van der Waals surface area (Å²) >= 11 is 0. The van der Waals surface area contributed by atoms with Gasteiger partial charge in [0, 0.05) is 13.1 Å². The van der Waals surface area contributed by atoms with Crippen LogP contribution in [-0.2, 0) is 11.4 Å². The molecule has 1 aliphatic rings. The Bertz CT molecular complexity index is 847. The molecular formula is C21H19FN2O2. The van der Waals surface area contributed by atoms with Crippen LogP contribution in [0.3, 0.4) is 0 Å². The van der Waals surface area contributed by atoms with Crippen molar-refractivity contribution in [2.24, 2.45) is 0 Å². The second-order valence-corrected chi connectivity index (χ2v) is 6.16. The molecule has 132 valence electrons. The van der Waals surface area contributed by atoms with Crippen LogP contribution in [0.4, 0.5) is 4.39 Å². The number of rotatable bonds is 5. The number of amides is 1. The summed E-state index contributed by atoms with van der Waals surface area (Å²) in [6, 6.07) is 15.3. The molecule has 1 heterocycles. The fraction of sp³-hybridized carbons (Fsp3) is 0.238. The highest BCUT2D eigenvalue weighted by atomic mass is 19.1. The van der Waals surface area contributed by atoms with E-state index in [-0.39, 0.29) is 17.3 Å². The van der Waals surface area contributed by atoms with Gasteiger partial charge in [-0.1, -0.05) is 24.3 Å². The zero-order valence-corrected chi connectivity index (χ0v) is 14.3. The fourth-order valence-corrected chi connectivity index (χ4v) is 2.84. The Kier molecular flexibility index (Phi) is 5.65. The number of hydrogen-bond donors (Lipinski definition) is 0. The first-order chi connectivity index (χ1) is 12.7. The minimum absolute atomic E-state index is 0.127. The van der Waals surface area contributed by atoms with Gasteiger partial charge in [-0.2, -0.15) is 5.26 Å². The molecule has 1 aliphatic heterocycles. The number of benzene rings is 2. The molecule has 0 aromatic heterocycles. The van der Waals surface area contributed by atoms with Crippen molar-refractivity contribution in [2.75, 3.05) is 13.1 Å². The monoisotopic (exact) mass is 350 g/mol. The highest BCUT2D eigenvalue weighted by molar-refractivity contribution is 6.01. The van der Waals surface area contributed by atoms with Gasteiger partial charge in [0.2, 0.25) is 0 Å². The Labute approximate surface area is 152 Å². The Morgan fingerprint density at radius 2 is 1.92 bits per heavy atom. The van der Waals surface area contributed by atoms with Gasteiger partial charge in [-0.05, 0) is 54.3 Å². The summed E-state index contributed by atoms with van der Waals surface area (Å²) in [6.07, 6.45) is 3.56. The van der Waals surface area contributed by atoms with Gasteiger partial charge in [-0.3, -0.25) is 4.79 Å². The molecule has 0 unspecified atom stereocenters. The van der Waals surface area contributed by atoms with Crippen LogP contribution in [0.5, 0.6) is 5.75 Å². The van der Waals surface area contributed by atoms with Crippen LogP contribution in [0.1, 0.15) is 24.0 Å². The van der Waals surface area contributed by atoms with Crippen molar-refractivity contribution in [3.63, 3.8) is 0 Å². The first kappa shape index (κ1) is 17.7. The van der Waals surface area contributed by atoms with Crippen molar-refractivity contribution in [3.8, 4) is 11.8 Å². The van der Waals surface area contributed by atoms with Crippen molar-refractivity contribution >= 4 is 12.0 Å². The molecule has 26 heavy (non-hydrogen) atoms. The molecule has 0 aliphatic carbocycles. The molecule has 4 nitrogen and oxygen atoms in total.